The zero-order valence-corrected chi connectivity index (χ0v) is 43.7. The van der Waals surface area contributed by atoms with E-state index in [2.05, 4.69) is 106 Å². The van der Waals surface area contributed by atoms with Gasteiger partial charge in [0.2, 0.25) is 0 Å². The average Bonchev–Trinajstić information content (AvgIpc) is 3.32. The number of hydrogen-bond acceptors (Lipinski definition) is 5. The van der Waals surface area contributed by atoms with Crippen LogP contribution in [-0.2, 0) is 23.8 Å². The van der Waals surface area contributed by atoms with Gasteiger partial charge >= 0.3 is 11.9 Å². The van der Waals surface area contributed by atoms with Gasteiger partial charge in [0, 0.05) is 19.4 Å². The molecular formula is C61H106O5. The molecule has 0 radical (unpaired) electrons. The van der Waals surface area contributed by atoms with Crippen molar-refractivity contribution in [3.8, 4) is 0 Å². The molecule has 0 bridgehead atoms. The van der Waals surface area contributed by atoms with Crippen LogP contribution in [0.1, 0.15) is 265 Å². The average molecular weight is 920 g/mol. The third-order valence-electron chi connectivity index (χ3n) is 11.9. The first-order chi connectivity index (χ1) is 32.6. The van der Waals surface area contributed by atoms with Crippen LogP contribution in [0.2, 0.25) is 0 Å². The topological polar surface area (TPSA) is 61.8 Å². The van der Waals surface area contributed by atoms with Crippen LogP contribution in [0.15, 0.2) is 85.1 Å². The summed E-state index contributed by atoms with van der Waals surface area (Å²) in [6.45, 7) is 7.63. The Kier molecular flexibility index (Phi) is 53.9. The zero-order chi connectivity index (χ0) is 47.7. The molecule has 0 aromatic rings. The van der Waals surface area contributed by atoms with Crippen molar-refractivity contribution < 1.29 is 23.8 Å². The van der Waals surface area contributed by atoms with Crippen molar-refractivity contribution in [1.82, 2.24) is 0 Å². The lowest BCUT2D eigenvalue weighted by molar-refractivity contribution is -0.163. The molecule has 0 aromatic carbocycles. The maximum absolute atomic E-state index is 12.9. The van der Waals surface area contributed by atoms with Crippen LogP contribution in [0.5, 0.6) is 0 Å². The fourth-order valence-electron chi connectivity index (χ4n) is 7.75. The molecule has 380 valence electrons. The molecule has 1 atom stereocenters. The molecule has 0 aliphatic rings. The van der Waals surface area contributed by atoms with Crippen LogP contribution in [0, 0.1) is 0 Å². The van der Waals surface area contributed by atoms with Gasteiger partial charge in [-0.2, -0.15) is 0 Å². The van der Waals surface area contributed by atoms with Crippen LogP contribution < -0.4 is 0 Å². The summed E-state index contributed by atoms with van der Waals surface area (Å²) in [6.07, 6.45) is 74.6. The van der Waals surface area contributed by atoms with Gasteiger partial charge in [0.25, 0.3) is 0 Å². The highest BCUT2D eigenvalue weighted by atomic mass is 16.6. The molecule has 0 saturated carbocycles. The van der Waals surface area contributed by atoms with Crippen LogP contribution >= 0.6 is 0 Å². The van der Waals surface area contributed by atoms with Crippen molar-refractivity contribution in [3.05, 3.63) is 85.1 Å². The molecule has 5 heteroatoms. The monoisotopic (exact) mass is 919 g/mol. The van der Waals surface area contributed by atoms with Gasteiger partial charge in [-0.25, -0.2) is 0 Å². The Morgan fingerprint density at radius 1 is 0.348 bits per heavy atom. The quantitative estimate of drug-likeness (QED) is 0.0346. The molecule has 0 rings (SSSR count). The number of esters is 2. The summed E-state index contributed by atoms with van der Waals surface area (Å²) >= 11 is 0. The van der Waals surface area contributed by atoms with Crippen LogP contribution in [0.4, 0.5) is 0 Å². The number of ether oxygens (including phenoxy) is 3. The van der Waals surface area contributed by atoms with Crippen molar-refractivity contribution in [3.63, 3.8) is 0 Å². The van der Waals surface area contributed by atoms with E-state index in [1.807, 2.05) is 0 Å². The Balaban J connectivity index is 4.37. The summed E-state index contributed by atoms with van der Waals surface area (Å²) in [6, 6.07) is 0. The smallest absolute Gasteiger partial charge is 0.306 e. The summed E-state index contributed by atoms with van der Waals surface area (Å²) in [4.78, 5) is 25.5. The normalized spacial score (nSPS) is 12.8. The molecule has 0 saturated heterocycles. The fourth-order valence-corrected chi connectivity index (χ4v) is 7.75. The predicted octanol–water partition coefficient (Wildman–Crippen LogP) is 19.2. The molecule has 5 nitrogen and oxygen atoms in total. The fraction of sp³-hybridized carbons (Fsp3) is 0.738. The molecule has 66 heavy (non-hydrogen) atoms. The molecule has 0 aliphatic heterocycles. The summed E-state index contributed by atoms with van der Waals surface area (Å²) in [7, 11) is 0. The third-order valence-corrected chi connectivity index (χ3v) is 11.9. The summed E-state index contributed by atoms with van der Waals surface area (Å²) in [5, 5.41) is 0. The Labute approximate surface area is 409 Å². The second-order valence-corrected chi connectivity index (χ2v) is 18.5. The minimum atomic E-state index is -0.567. The van der Waals surface area contributed by atoms with E-state index in [-0.39, 0.29) is 25.2 Å². The van der Waals surface area contributed by atoms with Gasteiger partial charge in [0.1, 0.15) is 6.61 Å². The van der Waals surface area contributed by atoms with Crippen molar-refractivity contribution >= 4 is 11.9 Å². The lowest BCUT2D eigenvalue weighted by Crippen LogP contribution is -2.30. The predicted molar refractivity (Wildman–Crippen MR) is 288 cm³/mol. The lowest BCUT2D eigenvalue weighted by atomic mass is 10.0. The first kappa shape index (κ1) is 63.1. The van der Waals surface area contributed by atoms with E-state index in [4.69, 9.17) is 14.2 Å². The minimum absolute atomic E-state index is 0.0506. The maximum Gasteiger partial charge on any atom is 0.306 e. The molecule has 0 fully saturated rings. The third kappa shape index (κ3) is 53.7. The largest absolute Gasteiger partial charge is 0.462 e. The van der Waals surface area contributed by atoms with Gasteiger partial charge in [-0.15, -0.1) is 0 Å². The highest BCUT2D eigenvalue weighted by Crippen LogP contribution is 2.15. The number of carbonyl (C=O) groups excluding carboxylic acids is 2. The highest BCUT2D eigenvalue weighted by Gasteiger charge is 2.17. The molecule has 0 amide bonds. The minimum Gasteiger partial charge on any atom is -0.462 e. The summed E-state index contributed by atoms with van der Waals surface area (Å²) in [5.74, 6) is -0.464. The van der Waals surface area contributed by atoms with E-state index in [0.717, 1.165) is 77.0 Å². The molecule has 0 spiro atoms. The lowest BCUT2D eigenvalue weighted by Gasteiger charge is -2.18. The van der Waals surface area contributed by atoms with Gasteiger partial charge in [0.05, 0.1) is 6.61 Å². The van der Waals surface area contributed by atoms with Crippen molar-refractivity contribution in [2.45, 2.75) is 271 Å². The van der Waals surface area contributed by atoms with Gasteiger partial charge in [-0.1, -0.05) is 247 Å². The standard InChI is InChI=1S/C61H106O5/c1-4-7-10-13-16-19-22-25-28-31-33-36-39-42-45-48-51-54-60(62)65-58-59(57-64-56-53-50-47-44-41-38-35-30-27-24-21-18-15-12-9-6-3)66-61(63)55-52-49-46-43-40-37-34-32-29-26-23-20-17-14-11-8-5-2/h7,10,16,18-19,21,25,27-28,30,33,36,42,45,59H,4-6,8-9,11-15,17,20,22-24,26,29,31-32,34-35,37-41,43-44,46-58H2,1-3H3/b10-7-,19-16-,21-18-,28-25-,30-27-,36-33-,45-42-. The first-order valence-electron chi connectivity index (χ1n) is 28.1. The highest BCUT2D eigenvalue weighted by molar-refractivity contribution is 5.70. The maximum atomic E-state index is 12.9. The Morgan fingerprint density at radius 3 is 1.17 bits per heavy atom. The molecule has 1 unspecified atom stereocenters. The van der Waals surface area contributed by atoms with Crippen molar-refractivity contribution in [2.75, 3.05) is 19.8 Å². The van der Waals surface area contributed by atoms with Gasteiger partial charge in [-0.3, -0.25) is 9.59 Å². The second kappa shape index (κ2) is 56.4. The van der Waals surface area contributed by atoms with Gasteiger partial charge < -0.3 is 14.2 Å². The zero-order valence-electron chi connectivity index (χ0n) is 43.7. The van der Waals surface area contributed by atoms with Crippen molar-refractivity contribution in [1.29, 1.82) is 0 Å². The van der Waals surface area contributed by atoms with Gasteiger partial charge in [0.15, 0.2) is 6.10 Å². The summed E-state index contributed by atoms with van der Waals surface area (Å²) in [5.41, 5.74) is 0. The van der Waals surface area contributed by atoms with E-state index in [1.165, 1.54) is 154 Å². The second-order valence-electron chi connectivity index (χ2n) is 18.5. The summed E-state index contributed by atoms with van der Waals surface area (Å²) < 4.78 is 17.4. The van der Waals surface area contributed by atoms with Crippen LogP contribution in [0.3, 0.4) is 0 Å². The molecule has 0 aliphatic carbocycles. The van der Waals surface area contributed by atoms with Gasteiger partial charge in [-0.05, 0) is 89.9 Å². The first-order valence-corrected chi connectivity index (χ1v) is 28.1. The van der Waals surface area contributed by atoms with E-state index >= 15 is 0 Å². The number of unbranched alkanes of at least 4 members (excludes halogenated alkanes) is 26. The van der Waals surface area contributed by atoms with E-state index in [1.54, 1.807) is 0 Å². The molecule has 0 heterocycles. The van der Waals surface area contributed by atoms with E-state index < -0.39 is 6.10 Å². The van der Waals surface area contributed by atoms with Crippen LogP contribution in [-0.4, -0.2) is 37.9 Å². The number of hydrogen-bond donors (Lipinski definition) is 0. The van der Waals surface area contributed by atoms with Crippen LogP contribution in [0.25, 0.3) is 0 Å². The Bertz CT molecular complexity index is 1220. The van der Waals surface area contributed by atoms with Crippen molar-refractivity contribution in [2.24, 2.45) is 0 Å². The van der Waals surface area contributed by atoms with E-state index in [9.17, 15) is 9.59 Å². The van der Waals surface area contributed by atoms with E-state index in [0.29, 0.717) is 19.4 Å². The molecule has 0 N–H and O–H groups in total. The Hall–Kier alpha value is -2.92. The molecule has 0 aromatic heterocycles. The number of allylic oxidation sites excluding steroid dienone is 14. The number of rotatable bonds is 51. The molecular weight excluding hydrogens is 813 g/mol. The SMILES string of the molecule is CC/C=C\C/C=C\C/C=C\C/C=C\C/C=C\CCCC(=O)OCC(COCCCCCCCC/C=C\C/C=C\CCCCC)OC(=O)CCCCCCCCCCCCCCCCCCC. The Morgan fingerprint density at radius 2 is 0.697 bits per heavy atom. The number of carbonyl (C=O) groups is 2.